The van der Waals surface area contributed by atoms with Gasteiger partial charge in [0.1, 0.15) is 5.52 Å². The lowest BCUT2D eigenvalue weighted by molar-refractivity contribution is 0.0543. The lowest BCUT2D eigenvalue weighted by Crippen LogP contribution is -2.40. The van der Waals surface area contributed by atoms with Crippen LogP contribution < -0.4 is 5.32 Å². The van der Waals surface area contributed by atoms with E-state index in [0.29, 0.717) is 0 Å². The standard InChI is InChI=1S/C19H21BrN4O/c1-14-11-17-18(21-7-8-24(17)23-14)22-13-19(5-9-25-10-6-19)15-3-2-4-16(20)12-15/h2-4,7-8,11-12H,5-6,9-10,13H2,1H3,(H,21,22). The molecule has 0 aliphatic carbocycles. The van der Waals surface area contributed by atoms with Gasteiger partial charge < -0.3 is 10.1 Å². The maximum atomic E-state index is 5.63. The van der Waals surface area contributed by atoms with Gasteiger partial charge in [0.05, 0.1) is 5.69 Å². The molecule has 1 aromatic carbocycles. The summed E-state index contributed by atoms with van der Waals surface area (Å²) in [5.74, 6) is 0.879. The minimum atomic E-state index is 0.0472. The molecule has 1 aliphatic rings. The first-order chi connectivity index (χ1) is 12.2. The number of ether oxygens (including phenoxy) is 1. The molecule has 3 heterocycles. The van der Waals surface area contributed by atoms with Crippen LogP contribution in [0.3, 0.4) is 0 Å². The zero-order chi connectivity index (χ0) is 17.3. The van der Waals surface area contributed by atoms with E-state index in [-0.39, 0.29) is 5.41 Å². The molecule has 0 unspecified atom stereocenters. The first-order valence-corrected chi connectivity index (χ1v) is 9.34. The van der Waals surface area contributed by atoms with E-state index < -0.39 is 0 Å². The van der Waals surface area contributed by atoms with Crippen LogP contribution in [-0.2, 0) is 10.2 Å². The topological polar surface area (TPSA) is 51.5 Å². The largest absolute Gasteiger partial charge is 0.381 e. The lowest BCUT2D eigenvalue weighted by atomic mass is 9.74. The van der Waals surface area contributed by atoms with E-state index in [1.54, 1.807) is 6.20 Å². The van der Waals surface area contributed by atoms with Gasteiger partial charge in [-0.2, -0.15) is 5.10 Å². The van der Waals surface area contributed by atoms with Crippen LogP contribution >= 0.6 is 15.9 Å². The fraction of sp³-hybridized carbons (Fsp3) is 0.368. The van der Waals surface area contributed by atoms with Crippen molar-refractivity contribution in [3.8, 4) is 0 Å². The zero-order valence-electron chi connectivity index (χ0n) is 14.2. The van der Waals surface area contributed by atoms with Crippen molar-refractivity contribution in [2.24, 2.45) is 0 Å². The van der Waals surface area contributed by atoms with Gasteiger partial charge in [0.25, 0.3) is 0 Å². The number of nitrogens with zero attached hydrogens (tertiary/aromatic N) is 3. The molecule has 25 heavy (non-hydrogen) atoms. The van der Waals surface area contributed by atoms with Crippen molar-refractivity contribution in [2.75, 3.05) is 25.1 Å². The molecule has 6 heteroatoms. The molecule has 0 radical (unpaired) electrons. The Morgan fingerprint density at radius 2 is 2.12 bits per heavy atom. The molecule has 4 rings (SSSR count). The monoisotopic (exact) mass is 400 g/mol. The van der Waals surface area contributed by atoms with Crippen molar-refractivity contribution in [1.82, 2.24) is 14.6 Å². The normalized spacial score (nSPS) is 16.9. The maximum Gasteiger partial charge on any atom is 0.152 e. The minimum absolute atomic E-state index is 0.0472. The molecule has 130 valence electrons. The number of aryl methyl sites for hydroxylation is 1. The van der Waals surface area contributed by atoms with Gasteiger partial charge in [0.2, 0.25) is 0 Å². The summed E-state index contributed by atoms with van der Waals surface area (Å²) in [6.07, 6.45) is 5.67. The first kappa shape index (κ1) is 16.5. The van der Waals surface area contributed by atoms with Crippen LogP contribution in [0.25, 0.3) is 5.52 Å². The fourth-order valence-electron chi connectivity index (χ4n) is 3.58. The first-order valence-electron chi connectivity index (χ1n) is 8.55. The number of fused-ring (bicyclic) bond motifs is 1. The van der Waals surface area contributed by atoms with Crippen LogP contribution in [0.1, 0.15) is 24.1 Å². The molecule has 1 saturated heterocycles. The second-order valence-corrected chi connectivity index (χ2v) is 7.56. The highest BCUT2D eigenvalue weighted by molar-refractivity contribution is 9.10. The number of nitrogens with one attached hydrogen (secondary N) is 1. The number of hydrogen-bond donors (Lipinski definition) is 1. The predicted octanol–water partition coefficient (Wildman–Crippen LogP) is 3.96. The Bertz CT molecular complexity index is 886. The highest BCUT2D eigenvalue weighted by Gasteiger charge is 2.34. The highest BCUT2D eigenvalue weighted by atomic mass is 79.9. The van der Waals surface area contributed by atoms with Crippen LogP contribution in [0.2, 0.25) is 0 Å². The van der Waals surface area contributed by atoms with Crippen molar-refractivity contribution < 1.29 is 4.74 Å². The second-order valence-electron chi connectivity index (χ2n) is 6.65. The molecule has 2 aromatic heterocycles. The summed E-state index contributed by atoms with van der Waals surface area (Å²) >= 11 is 3.61. The summed E-state index contributed by atoms with van der Waals surface area (Å²) in [4.78, 5) is 4.53. The third kappa shape index (κ3) is 3.28. The van der Waals surface area contributed by atoms with Crippen molar-refractivity contribution in [2.45, 2.75) is 25.2 Å². The minimum Gasteiger partial charge on any atom is -0.381 e. The van der Waals surface area contributed by atoms with E-state index in [0.717, 1.165) is 54.1 Å². The second kappa shape index (κ2) is 6.77. The summed E-state index contributed by atoms with van der Waals surface area (Å²) < 4.78 is 8.62. The average molecular weight is 401 g/mol. The Morgan fingerprint density at radius 3 is 2.92 bits per heavy atom. The van der Waals surface area contributed by atoms with Crippen LogP contribution in [0.15, 0.2) is 47.2 Å². The van der Waals surface area contributed by atoms with E-state index in [4.69, 9.17) is 4.74 Å². The average Bonchev–Trinajstić information content (AvgIpc) is 3.01. The van der Waals surface area contributed by atoms with E-state index in [1.807, 2.05) is 17.6 Å². The predicted molar refractivity (Wildman–Crippen MR) is 102 cm³/mol. The number of hydrogen-bond acceptors (Lipinski definition) is 4. The fourth-order valence-corrected chi connectivity index (χ4v) is 3.98. The van der Waals surface area contributed by atoms with Gasteiger partial charge in [-0.1, -0.05) is 28.1 Å². The summed E-state index contributed by atoms with van der Waals surface area (Å²) in [6, 6.07) is 10.7. The summed E-state index contributed by atoms with van der Waals surface area (Å²) in [5.41, 5.74) is 3.39. The van der Waals surface area contributed by atoms with Crippen molar-refractivity contribution in [3.63, 3.8) is 0 Å². The summed E-state index contributed by atoms with van der Waals surface area (Å²) in [6.45, 7) is 4.40. The number of halogens is 1. The Morgan fingerprint density at radius 1 is 1.28 bits per heavy atom. The SMILES string of the molecule is Cc1cc2c(NCC3(c4cccc(Br)c4)CCOCC3)nccn2n1. The summed E-state index contributed by atoms with van der Waals surface area (Å²) in [7, 11) is 0. The van der Waals surface area contributed by atoms with E-state index in [9.17, 15) is 0 Å². The van der Waals surface area contributed by atoms with Crippen molar-refractivity contribution in [3.05, 3.63) is 58.5 Å². The Kier molecular flexibility index (Phi) is 4.48. The molecule has 0 saturated carbocycles. The highest BCUT2D eigenvalue weighted by Crippen LogP contribution is 2.36. The molecular formula is C19H21BrN4O. The molecule has 3 aromatic rings. The van der Waals surface area contributed by atoms with Gasteiger partial charge in [-0.3, -0.25) is 0 Å². The van der Waals surface area contributed by atoms with Crippen molar-refractivity contribution in [1.29, 1.82) is 0 Å². The van der Waals surface area contributed by atoms with Gasteiger partial charge in [-0.15, -0.1) is 0 Å². The van der Waals surface area contributed by atoms with Gasteiger partial charge in [-0.05, 0) is 43.5 Å². The van der Waals surface area contributed by atoms with E-state index >= 15 is 0 Å². The van der Waals surface area contributed by atoms with Crippen molar-refractivity contribution >= 4 is 27.3 Å². The van der Waals surface area contributed by atoms with E-state index in [1.165, 1.54) is 5.56 Å². The smallest absolute Gasteiger partial charge is 0.152 e. The Labute approximate surface area is 155 Å². The van der Waals surface area contributed by atoms with Gasteiger partial charge >= 0.3 is 0 Å². The lowest BCUT2D eigenvalue weighted by Gasteiger charge is -2.38. The third-order valence-electron chi connectivity index (χ3n) is 4.99. The number of benzene rings is 1. The van der Waals surface area contributed by atoms with Gasteiger partial charge in [0.15, 0.2) is 5.82 Å². The molecule has 0 spiro atoms. The van der Waals surface area contributed by atoms with Crippen LogP contribution in [-0.4, -0.2) is 34.4 Å². The molecule has 1 N–H and O–H groups in total. The molecule has 0 bridgehead atoms. The zero-order valence-corrected chi connectivity index (χ0v) is 15.8. The molecule has 0 atom stereocenters. The Balaban J connectivity index is 1.65. The number of rotatable bonds is 4. The third-order valence-corrected chi connectivity index (χ3v) is 5.49. The van der Waals surface area contributed by atoms with Crippen LogP contribution in [0.5, 0.6) is 0 Å². The van der Waals surface area contributed by atoms with Crippen LogP contribution in [0, 0.1) is 6.92 Å². The molecule has 1 aliphatic heterocycles. The molecule has 5 nitrogen and oxygen atoms in total. The number of aromatic nitrogens is 3. The van der Waals surface area contributed by atoms with Crippen LogP contribution in [0.4, 0.5) is 5.82 Å². The molecule has 0 amide bonds. The van der Waals surface area contributed by atoms with Gasteiger partial charge in [-0.25, -0.2) is 9.50 Å². The maximum absolute atomic E-state index is 5.63. The summed E-state index contributed by atoms with van der Waals surface area (Å²) in [5, 5.41) is 8.05. The Hall–Kier alpha value is -1.92. The van der Waals surface area contributed by atoms with E-state index in [2.05, 4.69) is 61.7 Å². The quantitative estimate of drug-likeness (QED) is 0.719. The molecular weight excluding hydrogens is 380 g/mol. The van der Waals surface area contributed by atoms with Gasteiger partial charge in [0, 0.05) is 42.0 Å². The number of anilines is 1. The molecule has 1 fully saturated rings.